The van der Waals surface area contributed by atoms with E-state index in [1.165, 1.54) is 11.0 Å². The molecule has 2 atom stereocenters. The first-order valence-electron chi connectivity index (χ1n) is 12.6. The summed E-state index contributed by atoms with van der Waals surface area (Å²) in [6.45, 7) is 3.30. The number of amides is 2. The van der Waals surface area contributed by atoms with E-state index in [0.29, 0.717) is 17.0 Å². The Kier molecular flexibility index (Phi) is 10.8. The van der Waals surface area contributed by atoms with Gasteiger partial charge in [-0.1, -0.05) is 90.8 Å². The molecule has 39 heavy (non-hydrogen) atoms. The monoisotopic (exact) mass is 589 g/mol. The van der Waals surface area contributed by atoms with Gasteiger partial charge in [-0.25, -0.2) is 8.42 Å². The number of carbonyl (C=O) groups is 2. The minimum absolute atomic E-state index is 0.00402. The van der Waals surface area contributed by atoms with Crippen molar-refractivity contribution in [3.05, 3.63) is 100 Å². The molecular formula is C29H33Cl2N3O4S. The molecule has 1 N–H and O–H groups in total. The fourth-order valence-corrected chi connectivity index (χ4v) is 5.40. The van der Waals surface area contributed by atoms with Crippen LogP contribution in [-0.2, 0) is 32.6 Å². The third kappa shape index (κ3) is 8.46. The Morgan fingerprint density at radius 2 is 1.49 bits per heavy atom. The standard InChI is InChI=1S/C29H33Cl2N3O4S/c1-4-21(2)32-29(36)27(18-22-12-6-5-7-13-22)33(19-23-14-8-9-15-24(23)30)28(35)20-34(39(3,37)38)26-17-11-10-16-25(26)31/h5-17,21,27H,4,18-20H2,1-3H3,(H,32,36). The van der Waals surface area contributed by atoms with E-state index in [-0.39, 0.29) is 35.6 Å². The van der Waals surface area contributed by atoms with Crippen molar-refractivity contribution >= 4 is 50.7 Å². The van der Waals surface area contributed by atoms with E-state index in [4.69, 9.17) is 23.2 Å². The van der Waals surface area contributed by atoms with Crippen LogP contribution in [0.1, 0.15) is 31.4 Å². The summed E-state index contributed by atoms with van der Waals surface area (Å²) in [5, 5.41) is 3.61. The smallest absolute Gasteiger partial charge is 0.244 e. The van der Waals surface area contributed by atoms with Crippen LogP contribution in [0.25, 0.3) is 0 Å². The lowest BCUT2D eigenvalue weighted by Gasteiger charge is -2.34. The van der Waals surface area contributed by atoms with E-state index in [9.17, 15) is 18.0 Å². The van der Waals surface area contributed by atoms with Crippen LogP contribution in [0.2, 0.25) is 10.0 Å². The molecule has 2 amide bonds. The molecule has 208 valence electrons. The summed E-state index contributed by atoms with van der Waals surface area (Å²) in [6, 6.07) is 21.8. The maximum atomic E-state index is 14.0. The van der Waals surface area contributed by atoms with Gasteiger partial charge in [0.2, 0.25) is 21.8 Å². The number of nitrogens with zero attached hydrogens (tertiary/aromatic N) is 2. The van der Waals surface area contributed by atoms with Gasteiger partial charge < -0.3 is 10.2 Å². The predicted molar refractivity (Wildman–Crippen MR) is 157 cm³/mol. The van der Waals surface area contributed by atoms with Crippen molar-refractivity contribution in [2.24, 2.45) is 0 Å². The second kappa shape index (κ2) is 13.8. The summed E-state index contributed by atoms with van der Waals surface area (Å²) in [5.41, 5.74) is 1.66. The highest BCUT2D eigenvalue weighted by Gasteiger charge is 2.34. The number of rotatable bonds is 12. The van der Waals surface area contributed by atoms with Crippen LogP contribution >= 0.6 is 23.2 Å². The molecule has 0 aliphatic carbocycles. The first kappa shape index (κ1) is 30.5. The van der Waals surface area contributed by atoms with E-state index < -0.39 is 28.5 Å². The van der Waals surface area contributed by atoms with E-state index >= 15 is 0 Å². The quantitative estimate of drug-likeness (QED) is 0.310. The lowest BCUT2D eigenvalue weighted by Crippen LogP contribution is -2.54. The zero-order valence-corrected chi connectivity index (χ0v) is 24.5. The number of benzene rings is 3. The van der Waals surface area contributed by atoms with E-state index in [2.05, 4.69) is 5.32 Å². The molecule has 10 heteroatoms. The lowest BCUT2D eigenvalue weighted by atomic mass is 10.0. The number of nitrogens with one attached hydrogen (secondary N) is 1. The highest BCUT2D eigenvalue weighted by atomic mass is 35.5. The average Bonchev–Trinajstić information content (AvgIpc) is 2.90. The zero-order chi connectivity index (χ0) is 28.6. The highest BCUT2D eigenvalue weighted by molar-refractivity contribution is 7.92. The first-order chi connectivity index (χ1) is 18.5. The molecule has 0 aliphatic rings. The Balaban J connectivity index is 2.08. The number of halogens is 2. The summed E-state index contributed by atoms with van der Waals surface area (Å²) in [5.74, 6) is -0.905. The van der Waals surface area contributed by atoms with Gasteiger partial charge in [0.05, 0.1) is 17.0 Å². The van der Waals surface area contributed by atoms with E-state index in [0.717, 1.165) is 16.1 Å². The maximum Gasteiger partial charge on any atom is 0.244 e. The van der Waals surface area contributed by atoms with Crippen molar-refractivity contribution in [3.63, 3.8) is 0 Å². The molecule has 2 unspecified atom stereocenters. The molecule has 3 aromatic rings. The fraction of sp³-hybridized carbons (Fsp3) is 0.310. The van der Waals surface area contributed by atoms with Crippen molar-refractivity contribution in [3.8, 4) is 0 Å². The van der Waals surface area contributed by atoms with Crippen LogP contribution in [-0.4, -0.2) is 50.0 Å². The summed E-state index contributed by atoms with van der Waals surface area (Å²) < 4.78 is 26.6. The SMILES string of the molecule is CCC(C)NC(=O)C(Cc1ccccc1)N(Cc1ccccc1Cl)C(=O)CN(c1ccccc1Cl)S(C)(=O)=O. The van der Waals surface area contributed by atoms with Crippen LogP contribution in [0.3, 0.4) is 0 Å². The third-order valence-corrected chi connectivity index (χ3v) is 8.19. The number of sulfonamides is 1. The molecule has 3 aromatic carbocycles. The molecule has 3 rings (SSSR count). The van der Waals surface area contributed by atoms with Crippen molar-refractivity contribution < 1.29 is 18.0 Å². The molecular weight excluding hydrogens is 557 g/mol. The molecule has 0 spiro atoms. The van der Waals surface area contributed by atoms with Gasteiger partial charge in [-0.2, -0.15) is 0 Å². The molecule has 0 saturated heterocycles. The number of anilines is 1. The van der Waals surface area contributed by atoms with Crippen LogP contribution in [0, 0.1) is 0 Å². The number of hydrogen-bond acceptors (Lipinski definition) is 4. The van der Waals surface area contributed by atoms with Gasteiger partial charge in [0, 0.05) is 24.0 Å². The number of para-hydroxylation sites is 1. The van der Waals surface area contributed by atoms with Crippen LogP contribution in [0.5, 0.6) is 0 Å². The number of carbonyl (C=O) groups excluding carboxylic acids is 2. The summed E-state index contributed by atoms with van der Waals surface area (Å²) in [6.07, 6.45) is 1.94. The second-order valence-electron chi connectivity index (χ2n) is 9.36. The lowest BCUT2D eigenvalue weighted by molar-refractivity contribution is -0.140. The Bertz CT molecular complexity index is 1390. The van der Waals surface area contributed by atoms with Crippen molar-refractivity contribution in [2.75, 3.05) is 17.1 Å². The largest absolute Gasteiger partial charge is 0.352 e. The van der Waals surface area contributed by atoms with Crippen LogP contribution < -0.4 is 9.62 Å². The second-order valence-corrected chi connectivity index (χ2v) is 12.1. The molecule has 0 saturated carbocycles. The third-order valence-electron chi connectivity index (χ3n) is 6.37. The van der Waals surface area contributed by atoms with Crippen molar-refractivity contribution in [2.45, 2.75) is 45.3 Å². The molecule has 0 bridgehead atoms. The van der Waals surface area contributed by atoms with E-state index in [1.54, 1.807) is 42.5 Å². The van der Waals surface area contributed by atoms with E-state index in [1.807, 2.05) is 44.2 Å². The normalized spacial score (nSPS) is 12.8. The summed E-state index contributed by atoms with van der Waals surface area (Å²) in [7, 11) is -3.90. The van der Waals surface area contributed by atoms with Crippen molar-refractivity contribution in [1.29, 1.82) is 0 Å². The minimum atomic E-state index is -3.90. The van der Waals surface area contributed by atoms with Gasteiger partial charge >= 0.3 is 0 Å². The van der Waals surface area contributed by atoms with Crippen LogP contribution in [0.15, 0.2) is 78.9 Å². The van der Waals surface area contributed by atoms with Gasteiger partial charge in [-0.3, -0.25) is 13.9 Å². The van der Waals surface area contributed by atoms with Crippen LogP contribution in [0.4, 0.5) is 5.69 Å². The Labute approximate surface area is 240 Å². The number of hydrogen-bond donors (Lipinski definition) is 1. The molecule has 0 aliphatic heterocycles. The highest BCUT2D eigenvalue weighted by Crippen LogP contribution is 2.28. The minimum Gasteiger partial charge on any atom is -0.352 e. The van der Waals surface area contributed by atoms with Gasteiger partial charge in [0.1, 0.15) is 12.6 Å². The fourth-order valence-electron chi connectivity index (χ4n) is 4.05. The Morgan fingerprint density at radius 3 is 2.08 bits per heavy atom. The Morgan fingerprint density at radius 1 is 0.897 bits per heavy atom. The molecule has 0 heterocycles. The van der Waals surface area contributed by atoms with Gasteiger partial charge in [-0.15, -0.1) is 0 Å². The maximum absolute atomic E-state index is 14.0. The average molecular weight is 591 g/mol. The summed E-state index contributed by atoms with van der Waals surface area (Å²) in [4.78, 5) is 29.1. The summed E-state index contributed by atoms with van der Waals surface area (Å²) >= 11 is 12.8. The Hall–Kier alpha value is -3.07. The zero-order valence-electron chi connectivity index (χ0n) is 22.2. The van der Waals surface area contributed by atoms with Crippen molar-refractivity contribution in [1.82, 2.24) is 10.2 Å². The van der Waals surface area contributed by atoms with Gasteiger partial charge in [-0.05, 0) is 42.7 Å². The van der Waals surface area contributed by atoms with Gasteiger partial charge in [0.15, 0.2) is 0 Å². The topological polar surface area (TPSA) is 86.8 Å². The molecule has 0 fully saturated rings. The molecule has 7 nitrogen and oxygen atoms in total. The van der Waals surface area contributed by atoms with Gasteiger partial charge in [0.25, 0.3) is 0 Å². The molecule has 0 aromatic heterocycles. The predicted octanol–water partition coefficient (Wildman–Crippen LogP) is 5.31. The molecule has 0 radical (unpaired) electrons. The first-order valence-corrected chi connectivity index (χ1v) is 15.2.